The average molecular weight is 314 g/mol. The molecule has 1 aromatic carbocycles. The molecular formula is C15H26N2O3S. The molecule has 0 fully saturated rings. The fraction of sp³-hybridized carbons (Fsp3) is 0.600. The van der Waals surface area contributed by atoms with E-state index in [2.05, 4.69) is 10.0 Å². The fourth-order valence-electron chi connectivity index (χ4n) is 1.93. The lowest BCUT2D eigenvalue weighted by Crippen LogP contribution is -2.32. The summed E-state index contributed by atoms with van der Waals surface area (Å²) in [5.74, 6) is 0.946. The van der Waals surface area contributed by atoms with Gasteiger partial charge in [0.05, 0.1) is 11.0 Å². The quantitative estimate of drug-likeness (QED) is 0.769. The Balaban J connectivity index is 2.82. The maximum atomic E-state index is 12.3. The maximum absolute atomic E-state index is 12.3. The molecule has 1 rings (SSSR count). The predicted molar refractivity (Wildman–Crippen MR) is 85.2 cm³/mol. The molecule has 0 saturated carbocycles. The van der Waals surface area contributed by atoms with Gasteiger partial charge in [-0.15, -0.1) is 0 Å². The van der Waals surface area contributed by atoms with Crippen molar-refractivity contribution >= 4 is 10.0 Å². The molecule has 1 unspecified atom stereocenters. The fourth-order valence-corrected chi connectivity index (χ4v) is 3.18. The monoisotopic (exact) mass is 314 g/mol. The molecule has 0 aliphatic carbocycles. The SMILES string of the molecule is CNCC(C)CNS(=O)(=O)c1ccc(OC(C)C)c(C)c1. The molecule has 0 aliphatic rings. The summed E-state index contributed by atoms with van der Waals surface area (Å²) in [6, 6.07) is 4.93. The van der Waals surface area contributed by atoms with Crippen LogP contribution in [0.2, 0.25) is 0 Å². The molecule has 5 nitrogen and oxygen atoms in total. The van der Waals surface area contributed by atoms with Gasteiger partial charge >= 0.3 is 0 Å². The van der Waals surface area contributed by atoms with Gasteiger partial charge in [-0.1, -0.05) is 6.92 Å². The van der Waals surface area contributed by atoms with E-state index < -0.39 is 10.0 Å². The highest BCUT2D eigenvalue weighted by Gasteiger charge is 2.16. The summed E-state index contributed by atoms with van der Waals surface area (Å²) in [6.07, 6.45) is 0.0617. The van der Waals surface area contributed by atoms with Crippen LogP contribution in [0.3, 0.4) is 0 Å². The highest BCUT2D eigenvalue weighted by molar-refractivity contribution is 7.89. The molecule has 0 bridgehead atoms. The van der Waals surface area contributed by atoms with E-state index >= 15 is 0 Å². The number of rotatable bonds is 8. The van der Waals surface area contributed by atoms with Crippen LogP contribution in [0.15, 0.2) is 23.1 Å². The molecule has 0 spiro atoms. The normalized spacial score (nSPS) is 13.4. The summed E-state index contributed by atoms with van der Waals surface area (Å²) in [7, 11) is -1.63. The first-order valence-corrected chi connectivity index (χ1v) is 8.66. The van der Waals surface area contributed by atoms with Crippen LogP contribution >= 0.6 is 0 Å². The van der Waals surface area contributed by atoms with Gasteiger partial charge in [-0.05, 0) is 64.0 Å². The van der Waals surface area contributed by atoms with Crippen LogP contribution in [0.4, 0.5) is 0 Å². The van der Waals surface area contributed by atoms with Crippen LogP contribution in [0.5, 0.6) is 5.75 Å². The third kappa shape index (κ3) is 5.65. The minimum Gasteiger partial charge on any atom is -0.491 e. The molecule has 120 valence electrons. The van der Waals surface area contributed by atoms with Gasteiger partial charge in [-0.2, -0.15) is 0 Å². The van der Waals surface area contributed by atoms with Crippen molar-refractivity contribution in [2.24, 2.45) is 5.92 Å². The summed E-state index contributed by atoms with van der Waals surface area (Å²) < 4.78 is 32.8. The molecule has 21 heavy (non-hydrogen) atoms. The molecule has 0 aromatic heterocycles. The largest absolute Gasteiger partial charge is 0.491 e. The van der Waals surface area contributed by atoms with Gasteiger partial charge in [0.25, 0.3) is 0 Å². The van der Waals surface area contributed by atoms with Crippen LogP contribution in [-0.2, 0) is 10.0 Å². The van der Waals surface area contributed by atoms with Crippen LogP contribution in [0, 0.1) is 12.8 Å². The van der Waals surface area contributed by atoms with Crippen molar-refractivity contribution in [3.63, 3.8) is 0 Å². The second kappa shape index (κ2) is 7.77. The zero-order valence-electron chi connectivity index (χ0n) is 13.4. The van der Waals surface area contributed by atoms with Gasteiger partial charge in [0.15, 0.2) is 0 Å². The number of hydrogen-bond acceptors (Lipinski definition) is 4. The van der Waals surface area contributed by atoms with Crippen molar-refractivity contribution in [3.8, 4) is 5.75 Å². The Hall–Kier alpha value is -1.11. The van der Waals surface area contributed by atoms with Crippen molar-refractivity contribution in [3.05, 3.63) is 23.8 Å². The number of ether oxygens (including phenoxy) is 1. The lowest BCUT2D eigenvalue weighted by Gasteiger charge is -2.15. The van der Waals surface area contributed by atoms with E-state index in [1.54, 1.807) is 18.2 Å². The van der Waals surface area contributed by atoms with Gasteiger partial charge < -0.3 is 10.1 Å². The first-order valence-electron chi connectivity index (χ1n) is 7.18. The van der Waals surface area contributed by atoms with Gasteiger partial charge in [-0.25, -0.2) is 13.1 Å². The predicted octanol–water partition coefficient (Wildman–Crippen LogP) is 1.92. The Kier molecular flexibility index (Phi) is 6.64. The lowest BCUT2D eigenvalue weighted by atomic mass is 10.2. The summed E-state index contributed by atoms with van der Waals surface area (Å²) in [5.41, 5.74) is 0.815. The Morgan fingerprint density at radius 3 is 2.38 bits per heavy atom. The molecule has 0 heterocycles. The van der Waals surface area contributed by atoms with Gasteiger partial charge in [0.2, 0.25) is 10.0 Å². The van der Waals surface area contributed by atoms with Crippen molar-refractivity contribution in [1.82, 2.24) is 10.0 Å². The van der Waals surface area contributed by atoms with Gasteiger partial charge in [0, 0.05) is 6.54 Å². The van der Waals surface area contributed by atoms with E-state index in [9.17, 15) is 8.42 Å². The Bertz CT molecular complexity index is 556. The molecule has 1 aromatic rings. The van der Waals surface area contributed by atoms with Crippen LogP contribution < -0.4 is 14.8 Å². The molecule has 0 saturated heterocycles. The molecule has 0 radical (unpaired) electrons. The number of aryl methyl sites for hydroxylation is 1. The van der Waals surface area contributed by atoms with E-state index in [-0.39, 0.29) is 16.9 Å². The zero-order valence-corrected chi connectivity index (χ0v) is 14.3. The standard InChI is InChI=1S/C15H26N2O3S/c1-11(2)20-15-7-6-14(8-13(15)4)21(18,19)17-10-12(3)9-16-5/h6-8,11-12,16-17H,9-10H2,1-5H3. The van der Waals surface area contributed by atoms with E-state index in [0.29, 0.717) is 12.3 Å². The highest BCUT2D eigenvalue weighted by atomic mass is 32.2. The molecule has 0 amide bonds. The molecule has 2 N–H and O–H groups in total. The Morgan fingerprint density at radius 2 is 1.86 bits per heavy atom. The van der Waals surface area contributed by atoms with Gasteiger partial charge in [-0.3, -0.25) is 0 Å². The van der Waals surface area contributed by atoms with Gasteiger partial charge in [0.1, 0.15) is 5.75 Å². The Labute approximate surface area is 128 Å². The number of hydrogen-bond donors (Lipinski definition) is 2. The summed E-state index contributed by atoms with van der Waals surface area (Å²) in [4.78, 5) is 0.271. The highest BCUT2D eigenvalue weighted by Crippen LogP contribution is 2.22. The second-order valence-corrected chi connectivity index (χ2v) is 7.38. The van der Waals surface area contributed by atoms with E-state index in [4.69, 9.17) is 4.74 Å². The second-order valence-electron chi connectivity index (χ2n) is 5.61. The first-order chi connectivity index (χ1) is 9.76. The third-order valence-corrected chi connectivity index (χ3v) is 4.42. The van der Waals surface area contributed by atoms with Crippen LogP contribution in [0.1, 0.15) is 26.3 Å². The number of nitrogens with one attached hydrogen (secondary N) is 2. The van der Waals surface area contributed by atoms with Crippen molar-refractivity contribution in [1.29, 1.82) is 0 Å². The van der Waals surface area contributed by atoms with E-state index in [0.717, 1.165) is 12.1 Å². The minimum atomic E-state index is -3.47. The smallest absolute Gasteiger partial charge is 0.240 e. The molecule has 0 aliphatic heterocycles. The topological polar surface area (TPSA) is 67.4 Å². The molecule has 1 atom stereocenters. The number of benzene rings is 1. The third-order valence-electron chi connectivity index (χ3n) is 2.99. The van der Waals surface area contributed by atoms with Crippen LogP contribution in [-0.4, -0.2) is 34.7 Å². The number of sulfonamides is 1. The summed E-state index contributed by atoms with van der Waals surface area (Å²) >= 11 is 0. The minimum absolute atomic E-state index is 0.0617. The van der Waals surface area contributed by atoms with Crippen molar-refractivity contribution in [2.75, 3.05) is 20.1 Å². The van der Waals surface area contributed by atoms with E-state index in [1.165, 1.54) is 0 Å². The van der Waals surface area contributed by atoms with E-state index in [1.807, 2.05) is 34.7 Å². The average Bonchev–Trinajstić information content (AvgIpc) is 2.39. The van der Waals surface area contributed by atoms with Crippen molar-refractivity contribution < 1.29 is 13.2 Å². The first kappa shape index (κ1) is 17.9. The summed E-state index contributed by atoms with van der Waals surface area (Å²) in [6.45, 7) is 8.89. The molecule has 6 heteroatoms. The summed E-state index contributed by atoms with van der Waals surface area (Å²) in [5, 5.41) is 3.03. The Morgan fingerprint density at radius 1 is 1.19 bits per heavy atom. The van der Waals surface area contributed by atoms with Crippen LogP contribution in [0.25, 0.3) is 0 Å². The zero-order chi connectivity index (χ0) is 16.0. The lowest BCUT2D eigenvalue weighted by molar-refractivity contribution is 0.240. The molecular weight excluding hydrogens is 288 g/mol. The van der Waals surface area contributed by atoms with Crippen molar-refractivity contribution in [2.45, 2.75) is 38.7 Å². The maximum Gasteiger partial charge on any atom is 0.240 e.